The first-order valence-electron chi connectivity index (χ1n) is 11.9. The lowest BCUT2D eigenvalue weighted by atomic mass is 9.94. The van der Waals surface area contributed by atoms with Crippen molar-refractivity contribution in [1.82, 2.24) is 14.5 Å². The van der Waals surface area contributed by atoms with Crippen LogP contribution in [0, 0.1) is 0 Å². The van der Waals surface area contributed by atoms with Crippen molar-refractivity contribution in [2.75, 3.05) is 31.8 Å². The molecule has 1 fully saturated rings. The van der Waals surface area contributed by atoms with Crippen LogP contribution >= 0.6 is 12.4 Å². The smallest absolute Gasteiger partial charge is 0.278 e. The van der Waals surface area contributed by atoms with Crippen LogP contribution in [0.1, 0.15) is 45.2 Å². The average molecular weight is 493 g/mol. The number of amides is 1. The number of aromatic nitrogens is 1. The monoisotopic (exact) mass is 492 g/mol. The Labute approximate surface area is 210 Å². The molecule has 1 amide bonds. The second-order valence-electron chi connectivity index (χ2n) is 9.58. The first kappa shape index (κ1) is 23.5. The fourth-order valence-corrected chi connectivity index (χ4v) is 5.82. The summed E-state index contributed by atoms with van der Waals surface area (Å²) in [7, 11) is 2.06. The summed E-state index contributed by atoms with van der Waals surface area (Å²) in [5, 5.41) is 12.9. The van der Waals surface area contributed by atoms with Gasteiger partial charge in [0.1, 0.15) is 6.67 Å². The molecule has 1 atom stereocenters. The van der Waals surface area contributed by atoms with Crippen LogP contribution in [0.4, 0.5) is 0 Å². The van der Waals surface area contributed by atoms with Gasteiger partial charge in [-0.2, -0.15) is 0 Å². The van der Waals surface area contributed by atoms with Gasteiger partial charge in [0.2, 0.25) is 5.43 Å². The molecule has 1 saturated heterocycles. The predicted octanol–water partition coefficient (Wildman–Crippen LogP) is 2.92. The normalized spacial score (nSPS) is 20.0. The third-order valence-electron chi connectivity index (χ3n) is 7.56. The highest BCUT2D eigenvalue weighted by atomic mass is 35.5. The van der Waals surface area contributed by atoms with Gasteiger partial charge in [0.15, 0.2) is 11.4 Å². The van der Waals surface area contributed by atoms with Crippen molar-refractivity contribution in [3.05, 3.63) is 99.0 Å². The van der Waals surface area contributed by atoms with E-state index in [-0.39, 0.29) is 36.1 Å². The van der Waals surface area contributed by atoms with Crippen molar-refractivity contribution >= 4 is 18.3 Å². The van der Waals surface area contributed by atoms with Crippen LogP contribution < -0.4 is 10.4 Å². The minimum Gasteiger partial charge on any atom is -0.502 e. The molecule has 0 saturated carbocycles. The van der Waals surface area contributed by atoms with Gasteiger partial charge >= 0.3 is 0 Å². The van der Waals surface area contributed by atoms with Crippen molar-refractivity contribution in [1.29, 1.82) is 0 Å². The van der Waals surface area contributed by atoms with Gasteiger partial charge < -0.3 is 14.9 Å². The molecule has 8 heteroatoms. The molecule has 3 aliphatic rings. The Morgan fingerprint density at radius 1 is 0.914 bits per heavy atom. The molecule has 0 bridgehead atoms. The minimum absolute atomic E-state index is 0. The number of aryl methyl sites for hydroxylation is 2. The molecule has 35 heavy (non-hydrogen) atoms. The predicted molar refractivity (Wildman–Crippen MR) is 137 cm³/mol. The zero-order valence-electron chi connectivity index (χ0n) is 19.6. The Kier molecular flexibility index (Phi) is 6.07. The van der Waals surface area contributed by atoms with Crippen LogP contribution in [0.5, 0.6) is 5.75 Å². The third-order valence-corrected chi connectivity index (χ3v) is 7.56. The molecule has 3 heterocycles. The molecule has 2 aliphatic heterocycles. The number of carbonyl (C=O) groups is 1. The molecule has 2 aromatic carbocycles. The molecule has 1 aliphatic carbocycles. The van der Waals surface area contributed by atoms with E-state index in [1.807, 2.05) is 4.90 Å². The summed E-state index contributed by atoms with van der Waals surface area (Å²) in [6.07, 6.45) is 4.38. The highest BCUT2D eigenvalue weighted by molar-refractivity contribution is 5.96. The quantitative estimate of drug-likeness (QED) is 0.595. The third kappa shape index (κ3) is 3.79. The Bertz CT molecular complexity index is 1290. The average Bonchev–Trinajstić information content (AvgIpc) is 3.20. The topological polar surface area (TPSA) is 69.0 Å². The number of halogens is 1. The SMILES string of the molecule is CN1CC[C@H](N2CN(C3c4ccccc4CCc4ccccc43)n3ccc(=O)c(O)c3C2=O)C1.Cl. The van der Waals surface area contributed by atoms with E-state index in [4.69, 9.17) is 0 Å². The van der Waals surface area contributed by atoms with Crippen molar-refractivity contribution in [3.8, 4) is 5.75 Å². The number of aromatic hydroxyl groups is 1. The van der Waals surface area contributed by atoms with Gasteiger partial charge in [0, 0.05) is 24.8 Å². The molecule has 7 nitrogen and oxygen atoms in total. The van der Waals surface area contributed by atoms with Gasteiger partial charge in [-0.3, -0.25) is 19.3 Å². The van der Waals surface area contributed by atoms with E-state index in [1.54, 1.807) is 10.9 Å². The number of fused-ring (bicyclic) bond motifs is 3. The van der Waals surface area contributed by atoms with Crippen LogP contribution in [-0.4, -0.2) is 58.3 Å². The maximum absolute atomic E-state index is 13.6. The number of hydrogen-bond acceptors (Lipinski definition) is 5. The van der Waals surface area contributed by atoms with E-state index in [1.165, 1.54) is 28.3 Å². The summed E-state index contributed by atoms with van der Waals surface area (Å²) in [5.41, 5.74) is 4.45. The molecular weight excluding hydrogens is 464 g/mol. The van der Waals surface area contributed by atoms with Gasteiger partial charge in [-0.05, 0) is 55.1 Å². The second kappa shape index (κ2) is 9.06. The number of pyridine rings is 1. The fourth-order valence-electron chi connectivity index (χ4n) is 5.82. The summed E-state index contributed by atoms with van der Waals surface area (Å²) in [5.74, 6) is -0.773. The Morgan fingerprint density at radius 3 is 2.14 bits per heavy atom. The summed E-state index contributed by atoms with van der Waals surface area (Å²) in [6.45, 7) is 2.06. The number of nitrogens with zero attached hydrogens (tertiary/aromatic N) is 4. The van der Waals surface area contributed by atoms with Gasteiger partial charge in [-0.1, -0.05) is 48.5 Å². The van der Waals surface area contributed by atoms with Gasteiger partial charge in [-0.15, -0.1) is 12.4 Å². The molecule has 3 aromatic rings. The number of hydrogen-bond donors (Lipinski definition) is 1. The van der Waals surface area contributed by atoms with E-state index in [0.29, 0.717) is 6.67 Å². The number of carbonyl (C=O) groups excluding carboxylic acids is 1. The zero-order valence-corrected chi connectivity index (χ0v) is 20.4. The summed E-state index contributed by atoms with van der Waals surface area (Å²) in [4.78, 5) is 30.1. The van der Waals surface area contributed by atoms with E-state index < -0.39 is 11.2 Å². The largest absolute Gasteiger partial charge is 0.502 e. The number of likely N-dealkylation sites (tertiary alicyclic amines) is 1. The lowest BCUT2D eigenvalue weighted by Gasteiger charge is -2.46. The van der Waals surface area contributed by atoms with Crippen LogP contribution in [0.3, 0.4) is 0 Å². The number of rotatable bonds is 2. The zero-order chi connectivity index (χ0) is 23.4. The highest BCUT2D eigenvalue weighted by Crippen LogP contribution is 2.38. The Balaban J connectivity index is 0.00000253. The van der Waals surface area contributed by atoms with Crippen molar-refractivity contribution in [2.24, 2.45) is 0 Å². The molecular formula is C27H29ClN4O3. The lowest BCUT2D eigenvalue weighted by molar-refractivity contribution is 0.0597. The van der Waals surface area contributed by atoms with Gasteiger partial charge in [0.25, 0.3) is 5.91 Å². The molecule has 182 valence electrons. The molecule has 1 aromatic heterocycles. The molecule has 0 radical (unpaired) electrons. The van der Waals surface area contributed by atoms with E-state index in [0.717, 1.165) is 32.4 Å². The summed E-state index contributed by atoms with van der Waals surface area (Å²) in [6, 6.07) is 18.1. The maximum atomic E-state index is 13.6. The van der Waals surface area contributed by atoms with E-state index in [9.17, 15) is 14.7 Å². The minimum atomic E-state index is -0.536. The standard InChI is InChI=1S/C27H28N4O3.ClH/c1-28-14-12-20(16-28)29-17-31(30-15-13-23(32)26(33)25(30)27(29)34)24-21-8-4-2-6-18(21)10-11-19-7-3-5-9-22(19)24;/h2-9,13,15,20,24,33H,10-12,14,16-17H2,1H3;1H/t20-;/m0./s1. The number of likely N-dealkylation sites (N-methyl/N-ethyl adjacent to an activating group) is 1. The Morgan fingerprint density at radius 2 is 1.54 bits per heavy atom. The molecule has 6 rings (SSSR count). The van der Waals surface area contributed by atoms with Crippen LogP contribution in [0.2, 0.25) is 0 Å². The highest BCUT2D eigenvalue weighted by Gasteiger charge is 2.41. The molecule has 0 spiro atoms. The van der Waals surface area contributed by atoms with Gasteiger partial charge in [0.05, 0.1) is 6.04 Å². The van der Waals surface area contributed by atoms with Crippen LogP contribution in [0.25, 0.3) is 0 Å². The van der Waals surface area contributed by atoms with Crippen molar-refractivity contribution < 1.29 is 9.90 Å². The number of benzene rings is 2. The van der Waals surface area contributed by atoms with E-state index in [2.05, 4.69) is 65.5 Å². The van der Waals surface area contributed by atoms with Crippen LogP contribution in [-0.2, 0) is 12.8 Å². The van der Waals surface area contributed by atoms with E-state index >= 15 is 0 Å². The first-order chi connectivity index (χ1) is 16.5. The first-order valence-corrected chi connectivity index (χ1v) is 11.9. The van der Waals surface area contributed by atoms with Crippen LogP contribution in [0.15, 0.2) is 65.6 Å². The summed E-state index contributed by atoms with van der Waals surface area (Å²) < 4.78 is 1.71. The lowest BCUT2D eigenvalue weighted by Crippen LogP contribution is -2.58. The molecule has 0 unspecified atom stereocenters. The Hall–Kier alpha value is -3.29. The fraction of sp³-hybridized carbons (Fsp3) is 0.333. The van der Waals surface area contributed by atoms with Crippen molar-refractivity contribution in [2.45, 2.75) is 31.3 Å². The second-order valence-corrected chi connectivity index (χ2v) is 9.58. The summed E-state index contributed by atoms with van der Waals surface area (Å²) >= 11 is 0. The van der Waals surface area contributed by atoms with Gasteiger partial charge in [-0.25, -0.2) is 0 Å². The maximum Gasteiger partial charge on any atom is 0.278 e. The molecule has 1 N–H and O–H groups in total. The van der Waals surface area contributed by atoms with Crippen molar-refractivity contribution in [3.63, 3.8) is 0 Å².